The number of para-hydroxylation sites is 1. The summed E-state index contributed by atoms with van der Waals surface area (Å²) >= 11 is 0. The first-order valence-electron chi connectivity index (χ1n) is 11.8. The van der Waals surface area contributed by atoms with Crippen LogP contribution in [0.3, 0.4) is 0 Å². The van der Waals surface area contributed by atoms with Gasteiger partial charge in [-0.1, -0.05) is 42.5 Å². The first kappa shape index (κ1) is 22.2. The van der Waals surface area contributed by atoms with Crippen molar-refractivity contribution in [3.63, 3.8) is 0 Å². The molecule has 0 radical (unpaired) electrons. The van der Waals surface area contributed by atoms with Crippen molar-refractivity contribution in [1.82, 2.24) is 19.5 Å². The fourth-order valence-corrected chi connectivity index (χ4v) is 4.86. The number of nitriles is 2. The summed E-state index contributed by atoms with van der Waals surface area (Å²) in [4.78, 5) is 13.3. The Morgan fingerprint density at radius 2 is 1.35 bits per heavy atom. The van der Waals surface area contributed by atoms with Gasteiger partial charge in [0.05, 0.1) is 34.3 Å². The summed E-state index contributed by atoms with van der Waals surface area (Å²) in [5.41, 5.74) is 6.92. The second kappa shape index (κ2) is 8.71. The monoisotopic (exact) mass is 476 g/mol. The maximum absolute atomic E-state index is 9.84. The lowest BCUT2D eigenvalue weighted by Gasteiger charge is -2.12. The fourth-order valence-electron chi connectivity index (χ4n) is 4.86. The molecule has 2 aromatic heterocycles. The highest BCUT2D eigenvalue weighted by Crippen LogP contribution is 2.36. The first-order valence-corrected chi connectivity index (χ1v) is 11.8. The predicted molar refractivity (Wildman–Crippen MR) is 144 cm³/mol. The molecule has 0 saturated carbocycles. The minimum absolute atomic E-state index is 0.488. The van der Waals surface area contributed by atoms with Gasteiger partial charge in [-0.05, 0) is 67.4 Å². The number of nitrogens with zero attached hydrogens (tertiary/aromatic N) is 6. The zero-order chi connectivity index (χ0) is 25.5. The Kier molecular flexibility index (Phi) is 5.22. The van der Waals surface area contributed by atoms with Crippen LogP contribution in [0.25, 0.3) is 50.0 Å². The maximum atomic E-state index is 9.84. The number of hydrogen-bond donors (Lipinski definition) is 0. The Morgan fingerprint density at radius 3 is 2.08 bits per heavy atom. The average molecular weight is 477 g/mol. The molecule has 6 heteroatoms. The van der Waals surface area contributed by atoms with Gasteiger partial charge in [-0.3, -0.25) is 0 Å². The highest BCUT2D eigenvalue weighted by molar-refractivity contribution is 6.10. The molecule has 0 fully saturated rings. The van der Waals surface area contributed by atoms with Gasteiger partial charge in [0.15, 0.2) is 5.82 Å². The van der Waals surface area contributed by atoms with Gasteiger partial charge in [0.1, 0.15) is 11.6 Å². The van der Waals surface area contributed by atoms with E-state index in [0.717, 1.165) is 38.6 Å². The van der Waals surface area contributed by atoms with E-state index in [0.29, 0.717) is 34.2 Å². The Bertz CT molecular complexity index is 1900. The van der Waals surface area contributed by atoms with E-state index in [1.54, 1.807) is 0 Å². The molecule has 0 amide bonds. The number of aromatic nitrogens is 4. The van der Waals surface area contributed by atoms with E-state index in [1.807, 2.05) is 68.4 Å². The Balaban J connectivity index is 1.62. The SMILES string of the molecule is Cc1nc(C)nc(-c2cc(-n3c4ccccc4c4ccc(-c5ccc(C#N)cc5)cc43)ccc2C#N)n1. The van der Waals surface area contributed by atoms with Gasteiger partial charge in [-0.15, -0.1) is 0 Å². The van der Waals surface area contributed by atoms with E-state index >= 15 is 0 Å². The number of rotatable bonds is 3. The van der Waals surface area contributed by atoms with E-state index in [9.17, 15) is 10.5 Å². The van der Waals surface area contributed by atoms with Crippen molar-refractivity contribution in [2.75, 3.05) is 0 Å². The molecule has 0 aliphatic carbocycles. The van der Waals surface area contributed by atoms with Crippen molar-refractivity contribution in [3.05, 3.63) is 108 Å². The van der Waals surface area contributed by atoms with Crippen LogP contribution >= 0.6 is 0 Å². The zero-order valence-corrected chi connectivity index (χ0v) is 20.3. The first-order chi connectivity index (χ1) is 18.1. The highest BCUT2D eigenvalue weighted by Gasteiger charge is 2.16. The molecule has 0 bridgehead atoms. The van der Waals surface area contributed by atoms with E-state index in [-0.39, 0.29) is 0 Å². The third kappa shape index (κ3) is 3.78. The molecule has 0 aliphatic heterocycles. The van der Waals surface area contributed by atoms with Crippen LogP contribution in [-0.4, -0.2) is 19.5 Å². The third-order valence-electron chi connectivity index (χ3n) is 6.50. The maximum Gasteiger partial charge on any atom is 0.164 e. The Morgan fingerprint density at radius 1 is 0.649 bits per heavy atom. The van der Waals surface area contributed by atoms with Crippen molar-refractivity contribution in [1.29, 1.82) is 10.5 Å². The van der Waals surface area contributed by atoms with Gasteiger partial charge in [-0.25, -0.2) is 15.0 Å². The minimum Gasteiger partial charge on any atom is -0.309 e. The van der Waals surface area contributed by atoms with Crippen LogP contribution in [0.5, 0.6) is 0 Å². The van der Waals surface area contributed by atoms with Crippen molar-refractivity contribution in [2.45, 2.75) is 13.8 Å². The molecule has 6 nitrogen and oxygen atoms in total. The molecule has 0 N–H and O–H groups in total. The van der Waals surface area contributed by atoms with E-state index in [1.165, 1.54) is 0 Å². The molecule has 174 valence electrons. The molecule has 6 rings (SSSR count). The lowest BCUT2D eigenvalue weighted by molar-refractivity contribution is 0.927. The topological polar surface area (TPSA) is 91.2 Å². The second-order valence-electron chi connectivity index (χ2n) is 8.87. The molecule has 0 spiro atoms. The quantitative estimate of drug-likeness (QED) is 0.285. The molecule has 0 aliphatic rings. The predicted octanol–water partition coefficient (Wildman–Crippen LogP) is 6.66. The van der Waals surface area contributed by atoms with Crippen LogP contribution in [0.4, 0.5) is 0 Å². The fraction of sp³-hybridized carbons (Fsp3) is 0.0645. The lowest BCUT2D eigenvalue weighted by atomic mass is 10.0. The second-order valence-corrected chi connectivity index (χ2v) is 8.87. The van der Waals surface area contributed by atoms with Gasteiger partial charge >= 0.3 is 0 Å². The largest absolute Gasteiger partial charge is 0.309 e. The standard InChI is InChI=1S/C31H20N6/c1-19-34-20(2)36-31(35-19)28-16-25(13-11-24(28)18-33)37-29-6-4-3-5-26(29)27-14-12-23(15-30(27)37)22-9-7-21(17-32)8-10-22/h3-16H,1-2H3. The third-order valence-corrected chi connectivity index (χ3v) is 6.50. The van der Waals surface area contributed by atoms with E-state index in [4.69, 9.17) is 0 Å². The molecule has 6 aromatic rings. The molecule has 0 atom stereocenters. The molecular weight excluding hydrogens is 456 g/mol. The highest BCUT2D eigenvalue weighted by atomic mass is 15.0. The molecule has 0 saturated heterocycles. The molecule has 4 aromatic carbocycles. The van der Waals surface area contributed by atoms with Crippen LogP contribution in [0, 0.1) is 36.5 Å². The van der Waals surface area contributed by atoms with Gasteiger partial charge in [0.25, 0.3) is 0 Å². The zero-order valence-electron chi connectivity index (χ0n) is 20.3. The van der Waals surface area contributed by atoms with Gasteiger partial charge in [-0.2, -0.15) is 10.5 Å². The van der Waals surface area contributed by atoms with Gasteiger partial charge in [0, 0.05) is 22.0 Å². The molecule has 37 heavy (non-hydrogen) atoms. The number of hydrogen-bond acceptors (Lipinski definition) is 5. The number of benzene rings is 4. The van der Waals surface area contributed by atoms with Crippen LogP contribution in [0.1, 0.15) is 22.8 Å². The summed E-state index contributed by atoms with van der Waals surface area (Å²) in [5, 5.41) is 21.3. The minimum atomic E-state index is 0.488. The van der Waals surface area contributed by atoms with Crippen molar-refractivity contribution >= 4 is 21.8 Å². The van der Waals surface area contributed by atoms with Gasteiger partial charge < -0.3 is 4.57 Å². The lowest BCUT2D eigenvalue weighted by Crippen LogP contribution is -2.02. The summed E-state index contributed by atoms with van der Waals surface area (Å²) in [6.45, 7) is 3.65. The van der Waals surface area contributed by atoms with Crippen molar-refractivity contribution in [2.24, 2.45) is 0 Å². The normalized spacial score (nSPS) is 10.9. The van der Waals surface area contributed by atoms with Crippen LogP contribution in [0.15, 0.2) is 84.9 Å². The summed E-state index contributed by atoms with van der Waals surface area (Å²) in [5.74, 6) is 1.71. The van der Waals surface area contributed by atoms with Crippen LogP contribution < -0.4 is 0 Å². The van der Waals surface area contributed by atoms with Crippen LogP contribution in [0.2, 0.25) is 0 Å². The van der Waals surface area contributed by atoms with Gasteiger partial charge in [0.2, 0.25) is 0 Å². The van der Waals surface area contributed by atoms with E-state index in [2.05, 4.69) is 62.0 Å². The average Bonchev–Trinajstić information content (AvgIpc) is 3.26. The molecule has 2 heterocycles. The van der Waals surface area contributed by atoms with Crippen molar-refractivity contribution in [3.8, 4) is 40.3 Å². The summed E-state index contributed by atoms with van der Waals surface area (Å²) in [6.07, 6.45) is 0. The van der Waals surface area contributed by atoms with Crippen molar-refractivity contribution < 1.29 is 0 Å². The summed E-state index contributed by atoms with van der Waals surface area (Å²) in [6, 6.07) is 32.6. The summed E-state index contributed by atoms with van der Waals surface area (Å²) in [7, 11) is 0. The number of aryl methyl sites for hydroxylation is 2. The number of fused-ring (bicyclic) bond motifs is 3. The molecular formula is C31H20N6. The molecule has 0 unspecified atom stereocenters. The van der Waals surface area contributed by atoms with Crippen LogP contribution in [-0.2, 0) is 0 Å². The Labute approximate surface area is 213 Å². The smallest absolute Gasteiger partial charge is 0.164 e. The summed E-state index contributed by atoms with van der Waals surface area (Å²) < 4.78 is 2.21. The Hall–Kier alpha value is -5.33. The van der Waals surface area contributed by atoms with E-state index < -0.39 is 0 Å².